The average molecular weight is 585 g/mol. The Kier molecular flexibility index (Phi) is 6.90. The van der Waals surface area contributed by atoms with Crippen LogP contribution >= 0.6 is 69.2 Å². The van der Waals surface area contributed by atoms with Gasteiger partial charge in [-0.2, -0.15) is 0 Å². The topological polar surface area (TPSA) is 66.8 Å². The van der Waals surface area contributed by atoms with Crippen LogP contribution < -0.4 is 4.74 Å². The van der Waals surface area contributed by atoms with Gasteiger partial charge in [0.15, 0.2) is 0 Å². The van der Waals surface area contributed by atoms with E-state index in [1.165, 1.54) is 0 Å². The van der Waals surface area contributed by atoms with Crippen molar-refractivity contribution in [1.29, 1.82) is 0 Å². The molecule has 1 aromatic rings. The zero-order valence-electron chi connectivity index (χ0n) is 11.9. The number of aliphatic carboxylic acids is 1. The van der Waals surface area contributed by atoms with Gasteiger partial charge in [-0.3, -0.25) is 14.5 Å². The van der Waals surface area contributed by atoms with Crippen molar-refractivity contribution in [3.8, 4) is 18.1 Å². The van der Waals surface area contributed by atoms with Crippen LogP contribution in [0.4, 0.5) is 0 Å². The summed E-state index contributed by atoms with van der Waals surface area (Å²) in [6, 6.07) is 3.79. The molecule has 2 rings (SSSR count). The summed E-state index contributed by atoms with van der Waals surface area (Å²) in [6.07, 6.45) is 6.89. The van der Waals surface area contributed by atoms with E-state index in [1.807, 2.05) is 12.1 Å². The lowest BCUT2D eigenvalue weighted by Crippen LogP contribution is -2.33. The van der Waals surface area contributed by atoms with Crippen LogP contribution in [0.1, 0.15) is 5.56 Å². The molecule has 0 aromatic heterocycles. The predicted octanol–water partition coefficient (Wildman–Crippen LogP) is 3.19. The van der Waals surface area contributed by atoms with E-state index in [-0.39, 0.29) is 10.9 Å². The monoisotopic (exact) mass is 585 g/mol. The van der Waals surface area contributed by atoms with Crippen molar-refractivity contribution in [3.63, 3.8) is 0 Å². The van der Waals surface area contributed by atoms with Gasteiger partial charge < -0.3 is 9.84 Å². The summed E-state index contributed by atoms with van der Waals surface area (Å²) >= 11 is 10.5. The number of nitrogens with zero attached hydrogens (tertiary/aromatic N) is 1. The van der Waals surface area contributed by atoms with Gasteiger partial charge in [0.1, 0.15) is 23.2 Å². The first-order chi connectivity index (χ1) is 11.3. The van der Waals surface area contributed by atoms with Gasteiger partial charge in [0.2, 0.25) is 0 Å². The number of carboxylic acid groups (broad SMARTS) is 1. The Labute approximate surface area is 175 Å². The lowest BCUT2D eigenvalue weighted by atomic mass is 10.2. The minimum Gasteiger partial charge on any atom is -0.480 e. The van der Waals surface area contributed by atoms with Crippen molar-refractivity contribution >= 4 is 91.4 Å². The van der Waals surface area contributed by atoms with Gasteiger partial charge in [0.25, 0.3) is 5.91 Å². The molecular formula is C15H9I2NO4S2. The fourth-order valence-corrected chi connectivity index (χ4v) is 5.16. The SMILES string of the molecule is C#CCOc1c(I)cc(I)cc1C=C1SC(=S)N(CC(=O)O)C1=O. The number of thioether (sulfide) groups is 1. The van der Waals surface area contributed by atoms with Gasteiger partial charge in [-0.15, -0.1) is 6.42 Å². The minimum absolute atomic E-state index is 0.109. The maximum Gasteiger partial charge on any atom is 0.323 e. The van der Waals surface area contributed by atoms with E-state index >= 15 is 0 Å². The first-order valence-electron chi connectivity index (χ1n) is 6.36. The summed E-state index contributed by atoms with van der Waals surface area (Å²) in [5.41, 5.74) is 0.692. The van der Waals surface area contributed by atoms with Crippen molar-refractivity contribution in [1.82, 2.24) is 4.90 Å². The molecule has 0 saturated carbocycles. The molecule has 0 atom stereocenters. The number of carbonyl (C=O) groups excluding carboxylic acids is 1. The second-order valence-electron chi connectivity index (χ2n) is 4.46. The predicted molar refractivity (Wildman–Crippen MR) is 114 cm³/mol. The van der Waals surface area contributed by atoms with Crippen LogP contribution in [0.5, 0.6) is 5.75 Å². The maximum absolute atomic E-state index is 12.4. The van der Waals surface area contributed by atoms with E-state index in [0.717, 1.165) is 23.8 Å². The number of ether oxygens (including phenoxy) is 1. The fraction of sp³-hybridized carbons (Fsp3) is 0.133. The van der Waals surface area contributed by atoms with Gasteiger partial charge in [-0.05, 0) is 63.4 Å². The quantitative estimate of drug-likeness (QED) is 0.248. The second-order valence-corrected chi connectivity index (χ2v) is 8.54. The number of carbonyl (C=O) groups is 2. The van der Waals surface area contributed by atoms with E-state index in [1.54, 1.807) is 6.08 Å². The number of hydrogen-bond donors (Lipinski definition) is 1. The zero-order valence-corrected chi connectivity index (χ0v) is 17.9. The maximum atomic E-state index is 12.4. The van der Waals surface area contributed by atoms with Gasteiger partial charge in [0.05, 0.1) is 8.48 Å². The number of amides is 1. The molecule has 1 aliphatic heterocycles. The van der Waals surface area contributed by atoms with Crippen molar-refractivity contribution in [2.75, 3.05) is 13.2 Å². The van der Waals surface area contributed by atoms with Crippen LogP contribution in [-0.2, 0) is 9.59 Å². The molecule has 24 heavy (non-hydrogen) atoms. The van der Waals surface area contributed by atoms with Crippen LogP contribution in [0.3, 0.4) is 0 Å². The third-order valence-electron chi connectivity index (χ3n) is 2.79. The Bertz CT molecular complexity index is 801. The molecule has 1 saturated heterocycles. The van der Waals surface area contributed by atoms with Gasteiger partial charge in [0, 0.05) is 9.13 Å². The summed E-state index contributed by atoms with van der Waals surface area (Å²) in [6.45, 7) is -0.344. The first-order valence-corrected chi connectivity index (χ1v) is 9.74. The number of halogens is 2. The highest BCUT2D eigenvalue weighted by Crippen LogP contribution is 2.36. The second kappa shape index (κ2) is 8.50. The van der Waals surface area contributed by atoms with E-state index in [0.29, 0.717) is 16.2 Å². The number of rotatable bonds is 5. The summed E-state index contributed by atoms with van der Waals surface area (Å²) in [5, 5.41) is 8.88. The molecule has 0 spiro atoms. The molecule has 0 radical (unpaired) electrons. The molecule has 9 heteroatoms. The van der Waals surface area contributed by atoms with Crippen LogP contribution in [-0.4, -0.2) is 39.4 Å². The summed E-state index contributed by atoms with van der Waals surface area (Å²) in [4.78, 5) is 24.6. The van der Waals surface area contributed by atoms with Crippen LogP contribution in [0, 0.1) is 19.5 Å². The van der Waals surface area contributed by atoms with Crippen LogP contribution in [0.2, 0.25) is 0 Å². The van der Waals surface area contributed by atoms with Gasteiger partial charge in [-0.25, -0.2) is 0 Å². The normalized spacial score (nSPS) is 15.7. The van der Waals surface area contributed by atoms with Crippen molar-refractivity contribution in [2.24, 2.45) is 0 Å². The number of benzene rings is 1. The molecule has 0 aliphatic carbocycles. The first kappa shape index (κ1) is 19.5. The number of carboxylic acids is 1. The molecule has 1 fully saturated rings. The molecule has 0 bridgehead atoms. The summed E-state index contributed by atoms with van der Waals surface area (Å²) < 4.78 is 7.64. The zero-order chi connectivity index (χ0) is 17.9. The Morgan fingerprint density at radius 3 is 2.83 bits per heavy atom. The van der Waals surface area contributed by atoms with Crippen LogP contribution in [0.25, 0.3) is 6.08 Å². The van der Waals surface area contributed by atoms with E-state index in [9.17, 15) is 9.59 Å². The molecule has 1 aliphatic rings. The molecule has 124 valence electrons. The van der Waals surface area contributed by atoms with E-state index in [2.05, 4.69) is 51.1 Å². The van der Waals surface area contributed by atoms with E-state index in [4.69, 9.17) is 28.5 Å². The summed E-state index contributed by atoms with van der Waals surface area (Å²) in [7, 11) is 0. The van der Waals surface area contributed by atoms with Crippen molar-refractivity contribution in [3.05, 3.63) is 29.7 Å². The minimum atomic E-state index is -1.12. The Morgan fingerprint density at radius 2 is 2.21 bits per heavy atom. The molecule has 1 heterocycles. The average Bonchev–Trinajstić information content (AvgIpc) is 2.73. The molecule has 1 aromatic carbocycles. The Balaban J connectivity index is 2.41. The van der Waals surface area contributed by atoms with Crippen molar-refractivity contribution < 1.29 is 19.4 Å². The molecule has 1 amide bonds. The molecule has 5 nitrogen and oxygen atoms in total. The highest BCUT2D eigenvalue weighted by molar-refractivity contribution is 14.1. The van der Waals surface area contributed by atoms with Crippen LogP contribution in [0.15, 0.2) is 17.0 Å². The molecular weight excluding hydrogens is 576 g/mol. The Morgan fingerprint density at radius 1 is 1.50 bits per heavy atom. The lowest BCUT2D eigenvalue weighted by Gasteiger charge is -2.11. The number of hydrogen-bond acceptors (Lipinski definition) is 5. The molecule has 1 N–H and O–H groups in total. The lowest BCUT2D eigenvalue weighted by molar-refractivity contribution is -0.140. The number of thiocarbonyl (C=S) groups is 1. The highest BCUT2D eigenvalue weighted by atomic mass is 127. The van der Waals surface area contributed by atoms with Gasteiger partial charge in [-0.1, -0.05) is 29.9 Å². The smallest absolute Gasteiger partial charge is 0.323 e. The van der Waals surface area contributed by atoms with E-state index < -0.39 is 18.4 Å². The van der Waals surface area contributed by atoms with Crippen molar-refractivity contribution in [2.45, 2.75) is 0 Å². The summed E-state index contributed by atoms with van der Waals surface area (Å²) in [5.74, 6) is 1.45. The third kappa shape index (κ3) is 4.62. The standard InChI is InChI=1S/C15H9I2NO4S2/c1-2-3-22-13-8(4-9(16)6-10(13)17)5-11-14(21)18(7-12(19)20)15(23)24-11/h1,4-6H,3,7H2,(H,19,20). The molecule has 0 unspecified atom stereocenters. The largest absolute Gasteiger partial charge is 0.480 e. The highest BCUT2D eigenvalue weighted by Gasteiger charge is 2.33. The number of terminal acetylenes is 1. The van der Waals surface area contributed by atoms with Gasteiger partial charge >= 0.3 is 5.97 Å². The Hall–Kier alpha value is -0.840. The third-order valence-corrected chi connectivity index (χ3v) is 5.59. The fourth-order valence-electron chi connectivity index (χ4n) is 1.87.